The molecule has 0 unspecified atom stereocenters. The smallest absolute Gasteiger partial charge is 0.191 e. The number of imidazole rings is 1. The van der Waals surface area contributed by atoms with Crippen molar-refractivity contribution in [3.63, 3.8) is 0 Å². The average molecular weight is 750 g/mol. The molecule has 3 heterocycles. The van der Waals surface area contributed by atoms with E-state index >= 15 is 0 Å². The largest absolute Gasteiger partial charge is 0.361 e. The summed E-state index contributed by atoms with van der Waals surface area (Å²) in [4.78, 5) is 8.43. The maximum Gasteiger partial charge on any atom is 0.191 e. The Balaban J connectivity index is 1.08. The van der Waals surface area contributed by atoms with Crippen molar-refractivity contribution in [1.29, 1.82) is 0 Å². The van der Waals surface area contributed by atoms with Gasteiger partial charge >= 0.3 is 0 Å². The SMILES string of the molecule is Brc1ccc(CSc2nnc(Cc3c[nH]c4ccccc34)n2CCCc2cn(C(c3ccccc3)(c3ccccc3)c3ccccc3)cn2)cc1. The van der Waals surface area contributed by atoms with Crippen molar-refractivity contribution in [3.8, 4) is 0 Å². The van der Waals surface area contributed by atoms with Crippen LogP contribution in [0.3, 0.4) is 0 Å². The zero-order valence-electron chi connectivity index (χ0n) is 28.1. The Morgan fingerprint density at radius 1 is 0.706 bits per heavy atom. The van der Waals surface area contributed by atoms with E-state index in [2.05, 4.69) is 182 Å². The number of fused-ring (bicyclic) bond motifs is 1. The second-order valence-electron chi connectivity index (χ2n) is 12.7. The molecule has 0 aliphatic rings. The van der Waals surface area contributed by atoms with Gasteiger partial charge < -0.3 is 14.1 Å². The summed E-state index contributed by atoms with van der Waals surface area (Å²) in [6, 6.07) is 49.2. The van der Waals surface area contributed by atoms with Gasteiger partial charge in [0.05, 0.1) is 12.0 Å². The fourth-order valence-electron chi connectivity index (χ4n) is 7.04. The number of aryl methyl sites for hydroxylation is 1. The Morgan fingerprint density at radius 2 is 1.33 bits per heavy atom. The number of nitrogens with zero attached hydrogens (tertiary/aromatic N) is 5. The van der Waals surface area contributed by atoms with Crippen molar-refractivity contribution in [1.82, 2.24) is 29.3 Å². The van der Waals surface area contributed by atoms with E-state index < -0.39 is 5.54 Å². The number of hydrogen-bond donors (Lipinski definition) is 1. The van der Waals surface area contributed by atoms with Gasteiger partial charge in [-0.15, -0.1) is 10.2 Å². The summed E-state index contributed by atoms with van der Waals surface area (Å²) in [6.45, 7) is 0.793. The van der Waals surface area contributed by atoms with Crippen LogP contribution in [0.4, 0.5) is 0 Å². The second kappa shape index (κ2) is 15.0. The Kier molecular flexibility index (Phi) is 9.68. The lowest BCUT2D eigenvalue weighted by Gasteiger charge is -2.37. The van der Waals surface area contributed by atoms with Crippen LogP contribution >= 0.6 is 27.7 Å². The van der Waals surface area contributed by atoms with Crippen molar-refractivity contribution in [2.45, 2.75) is 42.3 Å². The standard InChI is InChI=1S/C43H37BrN6S/c44-37-24-22-32(23-25-37)30-51-42-48-47-41(27-33-28-45-40-21-11-10-20-39(33)40)50(42)26-12-19-38-29-49(31-46-38)43(34-13-4-1-5-14-34,35-15-6-2-7-16-35)36-17-8-3-9-18-36/h1-11,13-18,20-25,28-29,31,45H,12,19,26-27,30H2. The van der Waals surface area contributed by atoms with Crippen LogP contribution in [0.15, 0.2) is 168 Å². The van der Waals surface area contributed by atoms with Gasteiger partial charge in [0.15, 0.2) is 5.16 Å². The molecule has 0 saturated carbocycles. The molecule has 0 aliphatic carbocycles. The van der Waals surface area contributed by atoms with Gasteiger partial charge in [-0.1, -0.05) is 149 Å². The van der Waals surface area contributed by atoms with E-state index in [1.165, 1.54) is 33.2 Å². The molecule has 0 spiro atoms. The molecular weight excluding hydrogens is 712 g/mol. The van der Waals surface area contributed by atoms with Crippen LogP contribution in [0.25, 0.3) is 10.9 Å². The lowest BCUT2D eigenvalue weighted by atomic mass is 9.77. The maximum atomic E-state index is 5.01. The Hall–Kier alpha value is -5.18. The molecule has 0 radical (unpaired) electrons. The molecule has 5 aromatic carbocycles. The summed E-state index contributed by atoms with van der Waals surface area (Å²) in [5, 5.41) is 11.6. The zero-order chi connectivity index (χ0) is 34.5. The highest BCUT2D eigenvalue weighted by Gasteiger charge is 2.38. The number of hydrogen-bond acceptors (Lipinski definition) is 4. The van der Waals surface area contributed by atoms with Crippen molar-refractivity contribution in [2.75, 3.05) is 0 Å². The van der Waals surface area contributed by atoms with Gasteiger partial charge in [0, 0.05) is 46.5 Å². The van der Waals surface area contributed by atoms with Crippen LogP contribution in [0.1, 0.15) is 45.8 Å². The quantitative estimate of drug-likeness (QED) is 0.0942. The van der Waals surface area contributed by atoms with Crippen molar-refractivity contribution >= 4 is 38.6 Å². The van der Waals surface area contributed by atoms with E-state index in [0.29, 0.717) is 6.42 Å². The molecule has 0 amide bonds. The highest BCUT2D eigenvalue weighted by atomic mass is 79.9. The number of thioether (sulfide) groups is 1. The first kappa shape index (κ1) is 33.0. The van der Waals surface area contributed by atoms with Gasteiger partial charge in [-0.3, -0.25) is 0 Å². The molecule has 0 atom stereocenters. The molecule has 8 rings (SSSR count). The summed E-state index contributed by atoms with van der Waals surface area (Å²) < 4.78 is 5.68. The predicted molar refractivity (Wildman–Crippen MR) is 210 cm³/mol. The lowest BCUT2D eigenvalue weighted by Crippen LogP contribution is -2.36. The van der Waals surface area contributed by atoms with Gasteiger partial charge in [0.2, 0.25) is 0 Å². The molecule has 252 valence electrons. The Labute approximate surface area is 310 Å². The first-order valence-corrected chi connectivity index (χ1v) is 19.0. The molecule has 0 aliphatic heterocycles. The van der Waals surface area contributed by atoms with E-state index in [1.807, 2.05) is 6.33 Å². The van der Waals surface area contributed by atoms with Crippen LogP contribution in [0.5, 0.6) is 0 Å². The number of H-pyrrole nitrogens is 1. The average Bonchev–Trinajstić information content (AvgIpc) is 3.93. The molecule has 1 N–H and O–H groups in total. The Morgan fingerprint density at radius 3 is 2.00 bits per heavy atom. The number of aromatic nitrogens is 6. The maximum absolute atomic E-state index is 5.01. The summed E-state index contributed by atoms with van der Waals surface area (Å²) in [6.07, 6.45) is 8.76. The molecule has 0 bridgehead atoms. The van der Waals surface area contributed by atoms with E-state index in [9.17, 15) is 0 Å². The first-order chi connectivity index (χ1) is 25.2. The number of rotatable bonds is 13. The van der Waals surface area contributed by atoms with Crippen LogP contribution in [0, 0.1) is 0 Å². The van der Waals surface area contributed by atoms with E-state index in [1.54, 1.807) is 11.8 Å². The normalized spacial score (nSPS) is 11.7. The van der Waals surface area contributed by atoms with Gasteiger partial charge in [-0.25, -0.2) is 4.98 Å². The van der Waals surface area contributed by atoms with Crippen LogP contribution < -0.4 is 0 Å². The monoisotopic (exact) mass is 748 g/mol. The molecule has 8 aromatic rings. The highest BCUT2D eigenvalue weighted by Crippen LogP contribution is 2.41. The predicted octanol–water partition coefficient (Wildman–Crippen LogP) is 10.1. The molecule has 6 nitrogen and oxygen atoms in total. The summed E-state index contributed by atoms with van der Waals surface area (Å²) in [7, 11) is 0. The van der Waals surface area contributed by atoms with Crippen molar-refractivity contribution in [3.05, 3.63) is 202 Å². The van der Waals surface area contributed by atoms with Gasteiger partial charge in [-0.2, -0.15) is 0 Å². The van der Waals surface area contributed by atoms with Crippen LogP contribution in [0.2, 0.25) is 0 Å². The first-order valence-electron chi connectivity index (χ1n) is 17.2. The van der Waals surface area contributed by atoms with Crippen molar-refractivity contribution in [2.24, 2.45) is 0 Å². The lowest BCUT2D eigenvalue weighted by molar-refractivity contribution is 0.513. The Bertz CT molecular complexity index is 2230. The number of benzene rings is 5. The van der Waals surface area contributed by atoms with Crippen LogP contribution in [-0.2, 0) is 30.7 Å². The van der Waals surface area contributed by atoms with Gasteiger partial charge in [0.1, 0.15) is 11.4 Å². The summed E-state index contributed by atoms with van der Waals surface area (Å²) >= 11 is 5.29. The minimum Gasteiger partial charge on any atom is -0.361 e. The van der Waals surface area contributed by atoms with Crippen LogP contribution in [-0.4, -0.2) is 29.3 Å². The third-order valence-electron chi connectivity index (χ3n) is 9.51. The number of para-hydroxylation sites is 1. The zero-order valence-corrected chi connectivity index (χ0v) is 30.5. The molecule has 0 fully saturated rings. The highest BCUT2D eigenvalue weighted by molar-refractivity contribution is 9.10. The number of nitrogens with one attached hydrogen (secondary N) is 1. The molecule has 51 heavy (non-hydrogen) atoms. The number of halogens is 1. The fourth-order valence-corrected chi connectivity index (χ4v) is 8.24. The van der Waals surface area contributed by atoms with E-state index in [-0.39, 0.29) is 0 Å². The summed E-state index contributed by atoms with van der Waals surface area (Å²) in [5.74, 6) is 1.79. The third-order valence-corrected chi connectivity index (χ3v) is 11.1. The van der Waals surface area contributed by atoms with Gasteiger partial charge in [0.25, 0.3) is 0 Å². The summed E-state index contributed by atoms with van der Waals surface area (Å²) in [5.41, 5.74) is 7.64. The second-order valence-corrected chi connectivity index (χ2v) is 14.5. The minimum atomic E-state index is -0.577. The van der Waals surface area contributed by atoms with Gasteiger partial charge in [-0.05, 0) is 58.9 Å². The van der Waals surface area contributed by atoms with E-state index in [4.69, 9.17) is 15.2 Å². The van der Waals surface area contributed by atoms with E-state index in [0.717, 1.165) is 51.8 Å². The molecule has 3 aromatic heterocycles. The molecule has 8 heteroatoms. The molecular formula is C43H37BrN6S. The minimum absolute atomic E-state index is 0.577. The topological polar surface area (TPSA) is 64.3 Å². The van der Waals surface area contributed by atoms with Crippen molar-refractivity contribution < 1.29 is 0 Å². The fraction of sp³-hybridized carbons (Fsp3) is 0.140. The third kappa shape index (κ3) is 6.81. The number of aromatic amines is 1. The molecule has 0 saturated heterocycles.